The summed E-state index contributed by atoms with van der Waals surface area (Å²) in [5, 5.41) is 13.9. The van der Waals surface area contributed by atoms with Gasteiger partial charge in [0, 0.05) is 6.42 Å². The molecule has 470 valence electrons. The number of hydrogen-bond donors (Lipinski definition) is 2. The van der Waals surface area contributed by atoms with Gasteiger partial charge in [0.2, 0.25) is 5.91 Å². The van der Waals surface area contributed by atoms with Gasteiger partial charge in [-0.1, -0.05) is 302 Å². The molecule has 3 unspecified atom stereocenters. The molecule has 0 rings (SSSR count). The van der Waals surface area contributed by atoms with Gasteiger partial charge < -0.3 is 28.8 Å². The van der Waals surface area contributed by atoms with Crippen molar-refractivity contribution in [2.24, 2.45) is 0 Å². The van der Waals surface area contributed by atoms with E-state index in [1.807, 2.05) is 27.2 Å². The zero-order valence-corrected chi connectivity index (χ0v) is 54.5. The van der Waals surface area contributed by atoms with Crippen molar-refractivity contribution in [1.82, 2.24) is 5.32 Å². The fraction of sp³-hybridized carbons (Fsp3) is 0.685. The molecule has 82 heavy (non-hydrogen) atoms. The Labute approximate surface area is 506 Å². The number of allylic oxidation sites excluding steroid dienone is 21. The fourth-order valence-electron chi connectivity index (χ4n) is 9.18. The SMILES string of the molecule is CC/C=C\C/C=C\C/C=C\C/C=C\C/C=C\C/C=C\C/C=C\C/C=C\C/C=C\C/C=C\CCCCCCCCC(=O)NC(COP(=O)([O-])OCC[N+](C)(C)C)C(O)/C=C/CCCCCCCCCCCCCCCCCCCCCCC. The Hall–Kier alpha value is -3.36. The van der Waals surface area contributed by atoms with E-state index in [9.17, 15) is 19.4 Å². The molecule has 0 aliphatic rings. The second-order valence-corrected chi connectivity index (χ2v) is 24.9. The van der Waals surface area contributed by atoms with Crippen molar-refractivity contribution in [3.05, 3.63) is 134 Å². The van der Waals surface area contributed by atoms with E-state index in [-0.39, 0.29) is 12.5 Å². The number of unbranched alkanes of at least 4 members (excludes halogenated alkanes) is 27. The second kappa shape index (κ2) is 62.2. The molecule has 0 bridgehead atoms. The highest BCUT2D eigenvalue weighted by molar-refractivity contribution is 7.45. The Morgan fingerprint density at radius 3 is 1.09 bits per heavy atom. The average molecular weight is 1160 g/mol. The molecule has 0 saturated carbocycles. The van der Waals surface area contributed by atoms with Gasteiger partial charge in [-0.25, -0.2) is 0 Å². The first-order chi connectivity index (χ1) is 40.0. The van der Waals surface area contributed by atoms with Crippen LogP contribution in [0.15, 0.2) is 134 Å². The standard InChI is InChI=1S/C73H127N2O6P/c1-6-8-10-12-14-16-18-20-22-24-26-28-30-31-32-33-34-35-36-37-38-39-40-41-42-43-45-47-49-51-53-55-57-59-61-63-65-67-73(77)74-71(70-81-82(78,79)80-69-68-75(3,4)5)72(76)66-64-62-60-58-56-54-52-50-48-46-44-29-27-25-23-21-19-17-15-13-11-9-7-2/h8,10,14,16,20,22,26,28,31-32,34-35,37-38,40-41,43,45,49,51,64,66,71-72,76H,6-7,9,11-13,15,17-19,21,23-25,27,29-30,33,36,39,42,44,46-48,50,52-63,65,67-70H2,1-5H3,(H-,74,77,78,79)/b10-8-,16-14-,22-20-,28-26-,32-31-,35-34-,38-37-,41-40-,45-43-,51-49-,66-64+. The highest BCUT2D eigenvalue weighted by atomic mass is 31.2. The number of nitrogens with one attached hydrogen (secondary N) is 1. The number of carbonyl (C=O) groups excluding carboxylic acids is 1. The van der Waals surface area contributed by atoms with Gasteiger partial charge in [0.25, 0.3) is 7.82 Å². The molecule has 0 aromatic heterocycles. The van der Waals surface area contributed by atoms with E-state index in [0.29, 0.717) is 17.4 Å². The number of phosphoric ester groups is 1. The Kier molecular flexibility index (Phi) is 59.6. The smallest absolute Gasteiger partial charge is 0.268 e. The van der Waals surface area contributed by atoms with Crippen LogP contribution in [-0.4, -0.2) is 68.5 Å². The molecule has 0 aromatic rings. The molecule has 1 amide bonds. The fourth-order valence-corrected chi connectivity index (χ4v) is 9.91. The van der Waals surface area contributed by atoms with Crippen molar-refractivity contribution in [1.29, 1.82) is 0 Å². The quantitative estimate of drug-likeness (QED) is 0.0272. The van der Waals surface area contributed by atoms with E-state index in [2.05, 4.69) is 141 Å². The van der Waals surface area contributed by atoms with Crippen LogP contribution in [0.3, 0.4) is 0 Å². The molecular formula is C73H127N2O6P. The van der Waals surface area contributed by atoms with Crippen LogP contribution in [0, 0.1) is 0 Å². The number of likely N-dealkylation sites (N-methyl/N-ethyl adjacent to an activating group) is 1. The van der Waals surface area contributed by atoms with Gasteiger partial charge in [-0.2, -0.15) is 0 Å². The molecule has 2 N–H and O–H groups in total. The summed E-state index contributed by atoms with van der Waals surface area (Å²) in [5.41, 5.74) is 0. The minimum absolute atomic E-state index is 0.0105. The molecule has 0 aromatic carbocycles. The van der Waals surface area contributed by atoms with Crippen molar-refractivity contribution in [2.45, 2.75) is 283 Å². The van der Waals surface area contributed by atoms with Crippen molar-refractivity contribution in [2.75, 3.05) is 40.9 Å². The number of amides is 1. The first-order valence-corrected chi connectivity index (χ1v) is 35.0. The summed E-state index contributed by atoms with van der Waals surface area (Å²) < 4.78 is 23.4. The van der Waals surface area contributed by atoms with E-state index in [1.54, 1.807) is 6.08 Å². The summed E-state index contributed by atoms with van der Waals surface area (Å²) in [6, 6.07) is -0.906. The Bertz CT molecular complexity index is 1800. The summed E-state index contributed by atoms with van der Waals surface area (Å²) in [4.78, 5) is 25.6. The van der Waals surface area contributed by atoms with Crippen molar-refractivity contribution >= 4 is 13.7 Å². The number of aliphatic hydroxyl groups excluding tert-OH is 1. The Balaban J connectivity index is 4.21. The van der Waals surface area contributed by atoms with Crippen LogP contribution in [0.25, 0.3) is 0 Å². The third kappa shape index (κ3) is 64.2. The van der Waals surface area contributed by atoms with Crippen LogP contribution in [0.5, 0.6) is 0 Å². The molecule has 0 saturated heterocycles. The summed E-state index contributed by atoms with van der Waals surface area (Å²) in [6.07, 6.45) is 94.0. The summed E-state index contributed by atoms with van der Waals surface area (Å²) in [6.45, 7) is 4.53. The van der Waals surface area contributed by atoms with Gasteiger partial charge in [0.05, 0.1) is 39.9 Å². The maximum Gasteiger partial charge on any atom is 0.268 e. The van der Waals surface area contributed by atoms with E-state index in [0.717, 1.165) is 128 Å². The minimum atomic E-state index is -4.62. The zero-order chi connectivity index (χ0) is 59.8. The van der Waals surface area contributed by atoms with Gasteiger partial charge in [-0.3, -0.25) is 9.36 Å². The number of hydrogen-bond acceptors (Lipinski definition) is 6. The maximum absolute atomic E-state index is 13.0. The largest absolute Gasteiger partial charge is 0.756 e. The lowest BCUT2D eigenvalue weighted by Crippen LogP contribution is -2.45. The molecule has 0 aliphatic carbocycles. The number of rotatable bonds is 60. The van der Waals surface area contributed by atoms with Crippen LogP contribution in [0.4, 0.5) is 0 Å². The van der Waals surface area contributed by atoms with E-state index in [4.69, 9.17) is 9.05 Å². The van der Waals surface area contributed by atoms with E-state index >= 15 is 0 Å². The van der Waals surface area contributed by atoms with Crippen molar-refractivity contribution < 1.29 is 32.9 Å². The number of carbonyl (C=O) groups is 1. The van der Waals surface area contributed by atoms with Crippen molar-refractivity contribution in [3.8, 4) is 0 Å². The number of phosphoric acid groups is 1. The lowest BCUT2D eigenvalue weighted by atomic mass is 10.0. The van der Waals surface area contributed by atoms with Gasteiger partial charge >= 0.3 is 0 Å². The van der Waals surface area contributed by atoms with Gasteiger partial charge in [0.15, 0.2) is 0 Å². The first kappa shape index (κ1) is 78.6. The highest BCUT2D eigenvalue weighted by Crippen LogP contribution is 2.38. The van der Waals surface area contributed by atoms with Gasteiger partial charge in [-0.05, 0) is 96.3 Å². The number of nitrogens with zero attached hydrogens (tertiary/aromatic N) is 1. The summed E-state index contributed by atoms with van der Waals surface area (Å²) in [7, 11) is 1.24. The Morgan fingerprint density at radius 1 is 0.439 bits per heavy atom. The normalized spacial score (nSPS) is 14.6. The third-order valence-corrected chi connectivity index (χ3v) is 15.3. The number of aliphatic hydroxyl groups is 1. The minimum Gasteiger partial charge on any atom is -0.756 e. The monoisotopic (exact) mass is 1160 g/mol. The zero-order valence-electron chi connectivity index (χ0n) is 53.6. The highest BCUT2D eigenvalue weighted by Gasteiger charge is 2.23. The van der Waals surface area contributed by atoms with Crippen molar-refractivity contribution in [3.63, 3.8) is 0 Å². The topological polar surface area (TPSA) is 108 Å². The summed E-state index contributed by atoms with van der Waals surface area (Å²) >= 11 is 0. The molecule has 0 radical (unpaired) electrons. The summed E-state index contributed by atoms with van der Waals surface area (Å²) in [5.74, 6) is -0.215. The molecule has 0 fully saturated rings. The molecule has 0 heterocycles. The molecule has 8 nitrogen and oxygen atoms in total. The molecule has 3 atom stereocenters. The van der Waals surface area contributed by atoms with E-state index < -0.39 is 26.6 Å². The molecular weight excluding hydrogens is 1030 g/mol. The predicted molar refractivity (Wildman–Crippen MR) is 357 cm³/mol. The lowest BCUT2D eigenvalue weighted by molar-refractivity contribution is -0.870. The van der Waals surface area contributed by atoms with E-state index in [1.165, 1.54) is 122 Å². The predicted octanol–water partition coefficient (Wildman–Crippen LogP) is 20.8. The molecule has 0 spiro atoms. The maximum atomic E-state index is 13.0. The average Bonchev–Trinajstić information content (AvgIpc) is 3.47. The van der Waals surface area contributed by atoms with Crippen LogP contribution < -0.4 is 10.2 Å². The van der Waals surface area contributed by atoms with Crippen LogP contribution in [0.1, 0.15) is 271 Å². The van der Waals surface area contributed by atoms with Crippen LogP contribution in [-0.2, 0) is 18.4 Å². The van der Waals surface area contributed by atoms with Gasteiger partial charge in [0.1, 0.15) is 13.2 Å². The Morgan fingerprint density at radius 2 is 0.744 bits per heavy atom. The van der Waals surface area contributed by atoms with Crippen LogP contribution >= 0.6 is 7.82 Å². The second-order valence-electron chi connectivity index (χ2n) is 23.4. The first-order valence-electron chi connectivity index (χ1n) is 33.5. The van der Waals surface area contributed by atoms with Crippen LogP contribution in [0.2, 0.25) is 0 Å². The number of quaternary nitrogens is 1. The molecule has 0 aliphatic heterocycles. The van der Waals surface area contributed by atoms with Gasteiger partial charge in [-0.15, -0.1) is 0 Å². The lowest BCUT2D eigenvalue weighted by Gasteiger charge is -2.29. The molecule has 9 heteroatoms. The third-order valence-electron chi connectivity index (χ3n) is 14.4.